The molecule has 0 aromatic rings. The smallest absolute Gasteiger partial charge is 0.328 e. The number of amides is 1. The highest BCUT2D eigenvalue weighted by Gasteiger charge is 2.30. The molecule has 1 N–H and O–H groups in total. The first-order valence-corrected chi connectivity index (χ1v) is 5.84. The number of rotatable bonds is 1. The molecule has 0 aliphatic carbocycles. The maximum atomic E-state index is 11.1. The van der Waals surface area contributed by atoms with Crippen LogP contribution < -0.4 is 5.32 Å². The van der Waals surface area contributed by atoms with Crippen LogP contribution in [0.2, 0.25) is 0 Å². The Morgan fingerprint density at radius 3 is 2.79 bits per heavy atom. The molecule has 1 unspecified atom stereocenters. The van der Waals surface area contributed by atoms with Gasteiger partial charge in [-0.05, 0) is 6.42 Å². The van der Waals surface area contributed by atoms with Crippen LogP contribution in [0, 0.1) is 0 Å². The Kier molecular flexibility index (Phi) is 3.10. The second-order valence-electron chi connectivity index (χ2n) is 3.02. The second-order valence-corrected chi connectivity index (χ2v) is 5.21. The minimum atomic E-state index is -3.36. The summed E-state index contributed by atoms with van der Waals surface area (Å²) in [6, 6.07) is -0.843. The van der Waals surface area contributed by atoms with Crippen LogP contribution >= 0.6 is 0 Å². The minimum Gasteiger partial charge on any atom is -0.467 e. The van der Waals surface area contributed by atoms with Gasteiger partial charge in [0.15, 0.2) is 9.84 Å². The Balaban J connectivity index is 2.77. The van der Waals surface area contributed by atoms with Gasteiger partial charge >= 0.3 is 5.97 Å². The monoisotopic (exact) mass is 221 g/mol. The Morgan fingerprint density at radius 2 is 2.21 bits per heavy atom. The van der Waals surface area contributed by atoms with Gasteiger partial charge in [-0.2, -0.15) is 0 Å². The minimum absolute atomic E-state index is 0.0702. The van der Waals surface area contributed by atoms with Gasteiger partial charge < -0.3 is 10.1 Å². The lowest BCUT2D eigenvalue weighted by Gasteiger charge is -2.11. The summed E-state index contributed by atoms with van der Waals surface area (Å²) in [5, 5.41) is 2.29. The molecule has 80 valence electrons. The molecule has 0 spiro atoms. The van der Waals surface area contributed by atoms with Gasteiger partial charge in [-0.1, -0.05) is 0 Å². The lowest BCUT2D eigenvalue weighted by Crippen LogP contribution is -2.41. The van der Waals surface area contributed by atoms with E-state index in [0.29, 0.717) is 0 Å². The highest BCUT2D eigenvalue weighted by molar-refractivity contribution is 7.92. The third-order valence-corrected chi connectivity index (χ3v) is 3.45. The van der Waals surface area contributed by atoms with Crippen molar-refractivity contribution >= 4 is 21.7 Å². The molecule has 0 saturated carbocycles. The summed E-state index contributed by atoms with van der Waals surface area (Å²) in [5.41, 5.74) is 0. The van der Waals surface area contributed by atoms with E-state index in [1.165, 1.54) is 7.11 Å². The van der Waals surface area contributed by atoms with Gasteiger partial charge in [-0.15, -0.1) is 0 Å². The van der Waals surface area contributed by atoms with Crippen molar-refractivity contribution in [2.75, 3.05) is 18.6 Å². The summed E-state index contributed by atoms with van der Waals surface area (Å²) < 4.78 is 26.7. The topological polar surface area (TPSA) is 89.5 Å². The van der Waals surface area contributed by atoms with E-state index in [9.17, 15) is 18.0 Å². The maximum Gasteiger partial charge on any atom is 0.328 e. The molecule has 0 radical (unpaired) electrons. The summed E-state index contributed by atoms with van der Waals surface area (Å²) in [7, 11) is -2.17. The van der Waals surface area contributed by atoms with Crippen molar-refractivity contribution < 1.29 is 22.7 Å². The van der Waals surface area contributed by atoms with Crippen molar-refractivity contribution in [3.05, 3.63) is 0 Å². The van der Waals surface area contributed by atoms with Crippen molar-refractivity contribution in [2.24, 2.45) is 0 Å². The summed E-state index contributed by atoms with van der Waals surface area (Å²) in [6.07, 6.45) is 0.0702. The maximum absolute atomic E-state index is 11.1. The summed E-state index contributed by atoms with van der Waals surface area (Å²) in [4.78, 5) is 22.1. The number of carbonyl (C=O) groups is 2. The zero-order chi connectivity index (χ0) is 10.8. The van der Waals surface area contributed by atoms with Crippen LogP contribution in [-0.2, 0) is 24.2 Å². The van der Waals surface area contributed by atoms with Crippen molar-refractivity contribution in [1.82, 2.24) is 5.32 Å². The average Bonchev–Trinajstić information content (AvgIpc) is 2.22. The molecular weight excluding hydrogens is 210 g/mol. The van der Waals surface area contributed by atoms with E-state index < -0.39 is 33.5 Å². The number of esters is 1. The van der Waals surface area contributed by atoms with E-state index in [0.717, 1.165) is 0 Å². The molecule has 6 nitrogen and oxygen atoms in total. The molecule has 1 aliphatic rings. The second kappa shape index (κ2) is 3.95. The van der Waals surface area contributed by atoms with Gasteiger partial charge in [0.05, 0.1) is 12.9 Å². The third-order valence-electron chi connectivity index (χ3n) is 1.89. The summed E-state index contributed by atoms with van der Waals surface area (Å²) >= 11 is 0. The highest BCUT2D eigenvalue weighted by atomic mass is 32.2. The van der Waals surface area contributed by atoms with Gasteiger partial charge in [-0.25, -0.2) is 13.2 Å². The highest BCUT2D eigenvalue weighted by Crippen LogP contribution is 2.05. The van der Waals surface area contributed by atoms with Crippen LogP contribution in [0.15, 0.2) is 0 Å². The van der Waals surface area contributed by atoms with Crippen molar-refractivity contribution in [2.45, 2.75) is 12.5 Å². The van der Waals surface area contributed by atoms with E-state index in [1.54, 1.807) is 0 Å². The van der Waals surface area contributed by atoms with E-state index in [-0.39, 0.29) is 12.2 Å². The molecule has 14 heavy (non-hydrogen) atoms. The van der Waals surface area contributed by atoms with Gasteiger partial charge in [0.25, 0.3) is 0 Å². The number of sulfone groups is 1. The number of hydrogen-bond donors (Lipinski definition) is 1. The zero-order valence-electron chi connectivity index (χ0n) is 7.65. The molecule has 0 aromatic heterocycles. The molecule has 1 rings (SSSR count). The number of methoxy groups -OCH3 is 1. The Hall–Kier alpha value is -1.11. The van der Waals surface area contributed by atoms with Crippen molar-refractivity contribution in [3.63, 3.8) is 0 Å². The first kappa shape index (κ1) is 11.0. The molecular formula is C7H11NO5S. The Labute approximate surface area is 81.5 Å². The summed E-state index contributed by atoms with van der Waals surface area (Å²) in [5.74, 6) is -2.00. The number of ether oxygens (including phenoxy) is 1. The number of carbonyl (C=O) groups excluding carboxylic acids is 2. The molecule has 1 aliphatic heterocycles. The van der Waals surface area contributed by atoms with Crippen molar-refractivity contribution in [1.29, 1.82) is 0 Å². The molecule has 0 bridgehead atoms. The first-order valence-electron chi connectivity index (χ1n) is 4.02. The van der Waals surface area contributed by atoms with E-state index in [4.69, 9.17) is 0 Å². The predicted octanol–water partition coefficient (Wildman–Crippen LogP) is -1.54. The van der Waals surface area contributed by atoms with Crippen LogP contribution in [0.5, 0.6) is 0 Å². The van der Waals surface area contributed by atoms with Crippen LogP contribution in [-0.4, -0.2) is 45.0 Å². The van der Waals surface area contributed by atoms with Crippen LogP contribution in [0.3, 0.4) is 0 Å². The van der Waals surface area contributed by atoms with Gasteiger partial charge in [-0.3, -0.25) is 4.79 Å². The van der Waals surface area contributed by atoms with Gasteiger partial charge in [0.1, 0.15) is 11.8 Å². The average molecular weight is 221 g/mol. The Morgan fingerprint density at radius 1 is 1.57 bits per heavy atom. The zero-order valence-corrected chi connectivity index (χ0v) is 8.46. The fourth-order valence-corrected chi connectivity index (χ4v) is 2.42. The molecule has 1 atom stereocenters. The Bertz CT molecular complexity index is 347. The van der Waals surface area contributed by atoms with Crippen molar-refractivity contribution in [3.8, 4) is 0 Å². The van der Waals surface area contributed by atoms with E-state index >= 15 is 0 Å². The standard InChI is InChI=1S/C7H11NO5S/c1-13-7(10)5-2-3-14(11,12)4-6(9)8-5/h5H,2-4H2,1H3,(H,8,9). The molecule has 7 heteroatoms. The fraction of sp³-hybridized carbons (Fsp3) is 0.714. The lowest BCUT2D eigenvalue weighted by molar-refractivity contribution is -0.144. The molecule has 1 saturated heterocycles. The molecule has 1 fully saturated rings. The SMILES string of the molecule is COC(=O)C1CCS(=O)(=O)CC(=O)N1. The normalized spacial score (nSPS) is 26.1. The van der Waals surface area contributed by atoms with Crippen LogP contribution in [0.4, 0.5) is 0 Å². The predicted molar refractivity (Wildman–Crippen MR) is 47.2 cm³/mol. The fourth-order valence-electron chi connectivity index (χ4n) is 1.20. The largest absolute Gasteiger partial charge is 0.467 e. The quantitative estimate of drug-likeness (QED) is 0.542. The molecule has 0 aromatic carbocycles. The van der Waals surface area contributed by atoms with Crippen LogP contribution in [0.25, 0.3) is 0 Å². The number of hydrogen-bond acceptors (Lipinski definition) is 5. The third kappa shape index (κ3) is 2.69. The van der Waals surface area contributed by atoms with Gasteiger partial charge in [0.2, 0.25) is 5.91 Å². The molecule has 1 amide bonds. The van der Waals surface area contributed by atoms with Crippen LogP contribution in [0.1, 0.15) is 6.42 Å². The van der Waals surface area contributed by atoms with E-state index in [1.807, 2.05) is 0 Å². The van der Waals surface area contributed by atoms with Gasteiger partial charge in [0, 0.05) is 0 Å². The summed E-state index contributed by atoms with van der Waals surface area (Å²) in [6.45, 7) is 0. The lowest BCUT2D eigenvalue weighted by atomic mass is 10.2. The molecule has 1 heterocycles. The number of nitrogens with one attached hydrogen (secondary N) is 1. The first-order chi connectivity index (χ1) is 6.44. The van der Waals surface area contributed by atoms with E-state index in [2.05, 4.69) is 10.1 Å².